The SMILES string of the molecule is COC(=O)CC(NC(C)=O)C(=O)Nc1cccc2c1OC(C)(C)CC2. The molecule has 0 spiro atoms. The van der Waals surface area contributed by atoms with E-state index in [9.17, 15) is 14.4 Å². The first-order valence-corrected chi connectivity index (χ1v) is 8.17. The van der Waals surface area contributed by atoms with Gasteiger partial charge in [0.05, 0.1) is 19.2 Å². The van der Waals surface area contributed by atoms with Crippen LogP contribution in [0.15, 0.2) is 18.2 Å². The highest BCUT2D eigenvalue weighted by atomic mass is 16.5. The van der Waals surface area contributed by atoms with Crippen LogP contribution >= 0.6 is 0 Å². The Labute approximate surface area is 147 Å². The number of rotatable bonds is 5. The Hall–Kier alpha value is -2.57. The highest BCUT2D eigenvalue weighted by Gasteiger charge is 2.30. The van der Waals surface area contributed by atoms with Crippen LogP contribution in [0.1, 0.15) is 39.2 Å². The molecule has 1 unspecified atom stereocenters. The zero-order valence-corrected chi connectivity index (χ0v) is 15.0. The zero-order valence-electron chi connectivity index (χ0n) is 15.0. The third kappa shape index (κ3) is 4.95. The van der Waals surface area contributed by atoms with E-state index in [1.54, 1.807) is 6.07 Å². The number of benzene rings is 1. The van der Waals surface area contributed by atoms with E-state index in [1.807, 2.05) is 26.0 Å². The maximum Gasteiger partial charge on any atom is 0.308 e. The van der Waals surface area contributed by atoms with Crippen LogP contribution in [0.5, 0.6) is 5.75 Å². The van der Waals surface area contributed by atoms with Gasteiger partial charge in [0.15, 0.2) is 0 Å². The molecule has 0 aliphatic carbocycles. The number of ether oxygens (including phenoxy) is 2. The van der Waals surface area contributed by atoms with Crippen molar-refractivity contribution < 1.29 is 23.9 Å². The van der Waals surface area contributed by atoms with Crippen molar-refractivity contribution in [3.05, 3.63) is 23.8 Å². The van der Waals surface area contributed by atoms with Gasteiger partial charge in [-0.1, -0.05) is 12.1 Å². The number of amides is 2. The average molecular weight is 348 g/mol. The Morgan fingerprint density at radius 3 is 2.68 bits per heavy atom. The molecule has 1 aromatic rings. The molecule has 2 N–H and O–H groups in total. The van der Waals surface area contributed by atoms with Gasteiger partial charge in [-0.05, 0) is 38.3 Å². The fraction of sp³-hybridized carbons (Fsp3) is 0.500. The Morgan fingerprint density at radius 2 is 2.04 bits per heavy atom. The third-order valence-electron chi connectivity index (χ3n) is 4.02. The van der Waals surface area contributed by atoms with Gasteiger partial charge in [-0.2, -0.15) is 0 Å². The van der Waals surface area contributed by atoms with Crippen molar-refractivity contribution in [1.29, 1.82) is 0 Å². The Kier molecular flexibility index (Phi) is 5.66. The van der Waals surface area contributed by atoms with Gasteiger partial charge in [-0.3, -0.25) is 14.4 Å². The predicted octanol–water partition coefficient (Wildman–Crippen LogP) is 1.80. The molecule has 7 heteroatoms. The van der Waals surface area contributed by atoms with Gasteiger partial charge in [-0.15, -0.1) is 0 Å². The third-order valence-corrected chi connectivity index (χ3v) is 4.02. The fourth-order valence-electron chi connectivity index (χ4n) is 2.69. The quantitative estimate of drug-likeness (QED) is 0.792. The molecule has 0 fully saturated rings. The molecule has 1 atom stereocenters. The molecule has 2 rings (SSSR count). The molecule has 0 saturated carbocycles. The van der Waals surface area contributed by atoms with Crippen molar-refractivity contribution in [3.8, 4) is 5.75 Å². The molecule has 1 aliphatic rings. The first-order chi connectivity index (χ1) is 11.7. The number of hydrogen-bond acceptors (Lipinski definition) is 5. The topological polar surface area (TPSA) is 93.7 Å². The molecule has 25 heavy (non-hydrogen) atoms. The number of para-hydroxylation sites is 1. The van der Waals surface area contributed by atoms with E-state index in [-0.39, 0.29) is 12.0 Å². The van der Waals surface area contributed by atoms with Gasteiger partial charge < -0.3 is 20.1 Å². The van der Waals surface area contributed by atoms with Gasteiger partial charge >= 0.3 is 5.97 Å². The average Bonchev–Trinajstić information content (AvgIpc) is 2.53. The molecular formula is C18H24N2O5. The number of fused-ring (bicyclic) bond motifs is 1. The largest absolute Gasteiger partial charge is 0.485 e. The molecule has 136 valence electrons. The first-order valence-electron chi connectivity index (χ1n) is 8.17. The minimum Gasteiger partial charge on any atom is -0.485 e. The number of aryl methyl sites for hydroxylation is 1. The number of nitrogens with one attached hydrogen (secondary N) is 2. The van der Waals surface area contributed by atoms with E-state index in [2.05, 4.69) is 15.4 Å². The van der Waals surface area contributed by atoms with Gasteiger partial charge in [-0.25, -0.2) is 0 Å². The molecule has 1 aromatic carbocycles. The number of carbonyl (C=O) groups excluding carboxylic acids is 3. The summed E-state index contributed by atoms with van der Waals surface area (Å²) in [6.07, 6.45) is 1.49. The standard InChI is InChI=1S/C18H24N2O5/c1-11(21)19-14(10-15(22)24-4)17(23)20-13-7-5-6-12-8-9-18(2,3)25-16(12)13/h5-7,14H,8-10H2,1-4H3,(H,19,21)(H,20,23). The van der Waals surface area contributed by atoms with Crippen molar-refractivity contribution in [2.75, 3.05) is 12.4 Å². The summed E-state index contributed by atoms with van der Waals surface area (Å²) in [5, 5.41) is 5.23. The molecule has 2 amide bonds. The van der Waals surface area contributed by atoms with Crippen LogP contribution in [0.4, 0.5) is 5.69 Å². The van der Waals surface area contributed by atoms with Crippen LogP contribution in [0.2, 0.25) is 0 Å². The van der Waals surface area contributed by atoms with Crippen LogP contribution in [0.25, 0.3) is 0 Å². The van der Waals surface area contributed by atoms with Crippen molar-refractivity contribution in [3.63, 3.8) is 0 Å². The van der Waals surface area contributed by atoms with E-state index < -0.39 is 23.8 Å². The lowest BCUT2D eigenvalue weighted by molar-refractivity contribution is -0.142. The summed E-state index contributed by atoms with van der Waals surface area (Å²) >= 11 is 0. The number of esters is 1. The van der Waals surface area contributed by atoms with Crippen molar-refractivity contribution in [2.24, 2.45) is 0 Å². The highest BCUT2D eigenvalue weighted by Crippen LogP contribution is 2.38. The summed E-state index contributed by atoms with van der Waals surface area (Å²) < 4.78 is 10.6. The Morgan fingerprint density at radius 1 is 1.32 bits per heavy atom. The number of hydrogen-bond donors (Lipinski definition) is 2. The van der Waals surface area contributed by atoms with E-state index in [1.165, 1.54) is 14.0 Å². The summed E-state index contributed by atoms with van der Waals surface area (Å²) in [5.41, 5.74) is 1.22. The molecule has 0 saturated heterocycles. The van der Waals surface area contributed by atoms with E-state index in [0.717, 1.165) is 18.4 Å². The maximum atomic E-state index is 12.6. The van der Waals surface area contributed by atoms with Crippen molar-refractivity contribution in [1.82, 2.24) is 5.32 Å². The predicted molar refractivity (Wildman–Crippen MR) is 92.3 cm³/mol. The maximum absolute atomic E-state index is 12.6. The van der Waals surface area contributed by atoms with Crippen molar-refractivity contribution >= 4 is 23.5 Å². The van der Waals surface area contributed by atoms with Gasteiger partial charge in [0.2, 0.25) is 11.8 Å². The second kappa shape index (κ2) is 7.55. The van der Waals surface area contributed by atoms with Crippen LogP contribution < -0.4 is 15.4 Å². The second-order valence-corrected chi connectivity index (χ2v) is 6.68. The Balaban J connectivity index is 2.21. The lowest BCUT2D eigenvalue weighted by atomic mass is 9.94. The molecule has 0 aromatic heterocycles. The first kappa shape index (κ1) is 18.8. The second-order valence-electron chi connectivity index (χ2n) is 6.68. The lowest BCUT2D eigenvalue weighted by Crippen LogP contribution is -2.44. The minimum atomic E-state index is -1.02. The number of methoxy groups -OCH3 is 1. The monoisotopic (exact) mass is 348 g/mol. The molecular weight excluding hydrogens is 324 g/mol. The van der Waals surface area contributed by atoms with Gasteiger partial charge in [0.1, 0.15) is 17.4 Å². The lowest BCUT2D eigenvalue weighted by Gasteiger charge is -2.34. The normalized spacial score (nSPS) is 16.0. The molecule has 0 radical (unpaired) electrons. The van der Waals surface area contributed by atoms with E-state index in [4.69, 9.17) is 4.74 Å². The number of carbonyl (C=O) groups is 3. The summed E-state index contributed by atoms with van der Waals surface area (Å²) in [4.78, 5) is 35.4. The summed E-state index contributed by atoms with van der Waals surface area (Å²) in [7, 11) is 1.23. The van der Waals surface area contributed by atoms with Crippen LogP contribution in [-0.4, -0.2) is 36.5 Å². The van der Waals surface area contributed by atoms with E-state index in [0.29, 0.717) is 11.4 Å². The highest BCUT2D eigenvalue weighted by molar-refractivity contribution is 6.00. The van der Waals surface area contributed by atoms with E-state index >= 15 is 0 Å². The summed E-state index contributed by atoms with van der Waals surface area (Å²) in [6, 6.07) is 4.52. The Bertz CT molecular complexity index is 684. The molecule has 1 aliphatic heterocycles. The smallest absolute Gasteiger partial charge is 0.308 e. The molecule has 7 nitrogen and oxygen atoms in total. The minimum absolute atomic E-state index is 0.247. The van der Waals surface area contributed by atoms with Crippen LogP contribution in [0.3, 0.4) is 0 Å². The van der Waals surface area contributed by atoms with Gasteiger partial charge in [0, 0.05) is 6.92 Å². The molecule has 0 bridgehead atoms. The summed E-state index contributed by atoms with van der Waals surface area (Å²) in [5.74, 6) is -0.856. The van der Waals surface area contributed by atoms with Crippen LogP contribution in [-0.2, 0) is 25.5 Å². The fourth-order valence-corrected chi connectivity index (χ4v) is 2.69. The zero-order chi connectivity index (χ0) is 18.6. The van der Waals surface area contributed by atoms with Gasteiger partial charge in [0.25, 0.3) is 0 Å². The van der Waals surface area contributed by atoms with Crippen LogP contribution in [0, 0.1) is 0 Å². The summed E-state index contributed by atoms with van der Waals surface area (Å²) in [6.45, 7) is 5.27. The molecule has 1 heterocycles. The number of anilines is 1. The van der Waals surface area contributed by atoms with Crippen molar-refractivity contribution in [2.45, 2.75) is 51.7 Å².